The van der Waals surface area contributed by atoms with Crippen molar-refractivity contribution >= 4 is 46.0 Å². The number of aromatic nitrogens is 1. The van der Waals surface area contributed by atoms with Gasteiger partial charge in [0.05, 0.1) is 5.02 Å². The van der Waals surface area contributed by atoms with E-state index in [9.17, 15) is 14.7 Å². The van der Waals surface area contributed by atoms with Crippen molar-refractivity contribution in [3.8, 4) is 0 Å². The lowest BCUT2D eigenvalue weighted by Gasteiger charge is -2.15. The van der Waals surface area contributed by atoms with Gasteiger partial charge in [-0.3, -0.25) is 4.79 Å². The van der Waals surface area contributed by atoms with Crippen LogP contribution in [0, 0.1) is 0 Å². The lowest BCUT2D eigenvalue weighted by molar-refractivity contribution is -0.139. The van der Waals surface area contributed by atoms with Crippen LogP contribution in [0.15, 0.2) is 59.7 Å². The van der Waals surface area contributed by atoms with Crippen LogP contribution in [0.1, 0.15) is 22.0 Å². The average Bonchev–Trinajstić information content (AvgIpc) is 2.68. The van der Waals surface area contributed by atoms with Gasteiger partial charge in [0.2, 0.25) is 0 Å². The Hall–Kier alpha value is -3.65. The largest absolute Gasteiger partial charge is 0.479 e. The van der Waals surface area contributed by atoms with Crippen molar-refractivity contribution in [1.82, 2.24) is 10.3 Å². The van der Waals surface area contributed by atoms with E-state index in [0.717, 1.165) is 0 Å². The van der Waals surface area contributed by atoms with Gasteiger partial charge < -0.3 is 21.9 Å². The molecule has 0 fully saturated rings. The molecule has 0 radical (unpaired) electrons. The second-order valence-electron chi connectivity index (χ2n) is 5.88. The first-order valence-electron chi connectivity index (χ1n) is 8.13. The third kappa shape index (κ3) is 4.02. The number of nitrogens with zero attached hydrogens (tertiary/aromatic N) is 2. The van der Waals surface area contributed by atoms with Crippen LogP contribution in [0.5, 0.6) is 0 Å². The number of guanidine groups is 1. The Kier molecular flexibility index (Phi) is 5.42. The van der Waals surface area contributed by atoms with Crippen molar-refractivity contribution < 1.29 is 14.7 Å². The Morgan fingerprint density at radius 3 is 2.46 bits per heavy atom. The van der Waals surface area contributed by atoms with Gasteiger partial charge in [-0.15, -0.1) is 0 Å². The van der Waals surface area contributed by atoms with Crippen molar-refractivity contribution in [1.29, 1.82) is 0 Å². The molecular formula is C19H16ClN5O3. The quantitative estimate of drug-likeness (QED) is 0.384. The number of nitrogens with two attached hydrogens (primary N) is 2. The van der Waals surface area contributed by atoms with E-state index in [2.05, 4.69) is 15.3 Å². The summed E-state index contributed by atoms with van der Waals surface area (Å²) in [6, 6.07) is 11.9. The maximum Gasteiger partial charge on any atom is 0.330 e. The van der Waals surface area contributed by atoms with E-state index in [1.807, 2.05) is 0 Å². The summed E-state index contributed by atoms with van der Waals surface area (Å²) in [5, 5.41) is 13.4. The van der Waals surface area contributed by atoms with E-state index in [-0.39, 0.29) is 17.3 Å². The van der Waals surface area contributed by atoms with Gasteiger partial charge in [0.25, 0.3) is 5.91 Å². The lowest BCUT2D eigenvalue weighted by atomic mass is 10.0. The summed E-state index contributed by atoms with van der Waals surface area (Å²) < 4.78 is 0. The van der Waals surface area contributed by atoms with Gasteiger partial charge in [0, 0.05) is 22.5 Å². The molecule has 1 aromatic heterocycles. The number of rotatable bonds is 5. The van der Waals surface area contributed by atoms with Crippen molar-refractivity contribution in [3.63, 3.8) is 0 Å². The average molecular weight is 398 g/mol. The molecule has 1 heterocycles. The highest BCUT2D eigenvalue weighted by Crippen LogP contribution is 2.30. The number of aliphatic carboxylic acids is 1. The first kappa shape index (κ1) is 19.1. The fourth-order valence-corrected chi connectivity index (χ4v) is 2.91. The smallest absolute Gasteiger partial charge is 0.330 e. The Morgan fingerprint density at radius 2 is 1.82 bits per heavy atom. The Balaban J connectivity index is 1.99. The molecule has 0 spiro atoms. The second kappa shape index (κ2) is 7.93. The van der Waals surface area contributed by atoms with E-state index in [1.54, 1.807) is 36.4 Å². The van der Waals surface area contributed by atoms with Crippen LogP contribution in [0.2, 0.25) is 5.02 Å². The molecule has 9 heteroatoms. The van der Waals surface area contributed by atoms with Crippen LogP contribution < -0.4 is 16.8 Å². The molecule has 0 aliphatic heterocycles. The van der Waals surface area contributed by atoms with Gasteiger partial charge in [-0.05, 0) is 17.7 Å². The van der Waals surface area contributed by atoms with Crippen molar-refractivity contribution in [3.05, 3.63) is 70.9 Å². The molecular weight excluding hydrogens is 382 g/mol. The fraction of sp³-hybridized carbons (Fsp3) is 0.0526. The summed E-state index contributed by atoms with van der Waals surface area (Å²) in [4.78, 5) is 32.3. The maximum absolute atomic E-state index is 12.7. The summed E-state index contributed by atoms with van der Waals surface area (Å²) in [6.45, 7) is 0. The molecule has 3 aromatic rings. The van der Waals surface area contributed by atoms with Gasteiger partial charge >= 0.3 is 5.97 Å². The monoisotopic (exact) mass is 397 g/mol. The van der Waals surface area contributed by atoms with Gasteiger partial charge in [-0.25, -0.2) is 9.78 Å². The highest BCUT2D eigenvalue weighted by Gasteiger charge is 2.23. The molecule has 1 atom stereocenters. The predicted molar refractivity (Wildman–Crippen MR) is 107 cm³/mol. The number of hydrogen-bond donors (Lipinski definition) is 4. The van der Waals surface area contributed by atoms with E-state index in [0.29, 0.717) is 21.4 Å². The number of carboxylic acid groups (broad SMARTS) is 1. The van der Waals surface area contributed by atoms with E-state index >= 15 is 0 Å². The number of nitrogens with one attached hydrogen (secondary N) is 1. The van der Waals surface area contributed by atoms with Crippen molar-refractivity contribution in [2.75, 3.05) is 0 Å². The summed E-state index contributed by atoms with van der Waals surface area (Å²) >= 11 is 6.15. The molecule has 6 N–H and O–H groups in total. The van der Waals surface area contributed by atoms with E-state index < -0.39 is 17.9 Å². The number of amides is 1. The molecule has 1 amide bonds. The number of halogens is 1. The van der Waals surface area contributed by atoms with E-state index in [1.165, 1.54) is 18.3 Å². The van der Waals surface area contributed by atoms with Crippen LogP contribution in [0.25, 0.3) is 10.8 Å². The Bertz CT molecular complexity index is 1080. The Labute approximate surface area is 164 Å². The predicted octanol–water partition coefficient (Wildman–Crippen LogP) is 2.35. The van der Waals surface area contributed by atoms with Crippen LogP contribution in [-0.2, 0) is 4.79 Å². The topological polar surface area (TPSA) is 144 Å². The van der Waals surface area contributed by atoms with Crippen LogP contribution in [0.4, 0.5) is 5.82 Å². The van der Waals surface area contributed by atoms with Gasteiger partial charge in [0.15, 0.2) is 17.8 Å². The number of carboxylic acids is 1. The molecule has 2 aromatic carbocycles. The highest BCUT2D eigenvalue weighted by atomic mass is 35.5. The van der Waals surface area contributed by atoms with Crippen molar-refractivity contribution in [2.24, 2.45) is 16.5 Å². The lowest BCUT2D eigenvalue weighted by Crippen LogP contribution is -2.33. The normalized spacial score (nSPS) is 11.6. The highest BCUT2D eigenvalue weighted by molar-refractivity contribution is 6.35. The first-order valence-corrected chi connectivity index (χ1v) is 8.51. The number of benzene rings is 2. The molecule has 0 unspecified atom stereocenters. The summed E-state index contributed by atoms with van der Waals surface area (Å²) in [6.07, 6.45) is 1.40. The van der Waals surface area contributed by atoms with Crippen molar-refractivity contribution in [2.45, 2.75) is 6.04 Å². The van der Waals surface area contributed by atoms with Gasteiger partial charge in [-0.2, -0.15) is 4.99 Å². The minimum atomic E-state index is -1.20. The number of carbonyl (C=O) groups excluding carboxylic acids is 1. The molecule has 8 nitrogen and oxygen atoms in total. The summed E-state index contributed by atoms with van der Waals surface area (Å²) in [7, 11) is 0. The molecule has 142 valence electrons. The third-order valence-corrected chi connectivity index (χ3v) is 4.27. The number of aliphatic imine (C=N–C) groups is 1. The number of hydrogen-bond acceptors (Lipinski definition) is 4. The molecule has 0 bridgehead atoms. The van der Waals surface area contributed by atoms with Gasteiger partial charge in [0.1, 0.15) is 0 Å². The summed E-state index contributed by atoms with van der Waals surface area (Å²) in [5.41, 5.74) is 11.5. The van der Waals surface area contributed by atoms with Crippen LogP contribution >= 0.6 is 11.6 Å². The zero-order valence-electron chi connectivity index (χ0n) is 14.5. The minimum absolute atomic E-state index is 0.194. The third-order valence-electron chi connectivity index (χ3n) is 3.97. The van der Waals surface area contributed by atoms with Gasteiger partial charge in [-0.1, -0.05) is 48.0 Å². The zero-order valence-corrected chi connectivity index (χ0v) is 15.2. The summed E-state index contributed by atoms with van der Waals surface area (Å²) in [5.74, 6) is -1.74. The molecule has 28 heavy (non-hydrogen) atoms. The molecule has 0 aliphatic carbocycles. The zero-order chi connectivity index (χ0) is 20.3. The van der Waals surface area contributed by atoms with Crippen LogP contribution in [-0.4, -0.2) is 27.9 Å². The standard InChI is InChI=1S/C19H16ClN5O3/c20-14-9-23-16(25-19(21)22)13-8-11(6-7-12(13)14)17(26)24-15(18(27)28)10-4-2-1-3-5-10/h1-9,15H,(H,24,26)(H,27,28)(H4,21,22,23,25)/t15-/m1/s1. The molecule has 0 saturated carbocycles. The number of carbonyl (C=O) groups is 2. The second-order valence-corrected chi connectivity index (χ2v) is 6.29. The Morgan fingerprint density at radius 1 is 1.11 bits per heavy atom. The van der Waals surface area contributed by atoms with Crippen LogP contribution in [0.3, 0.4) is 0 Å². The first-order chi connectivity index (χ1) is 13.4. The fourth-order valence-electron chi connectivity index (χ4n) is 2.69. The number of fused-ring (bicyclic) bond motifs is 1. The molecule has 0 aliphatic rings. The molecule has 3 rings (SSSR count). The van der Waals surface area contributed by atoms with E-state index in [4.69, 9.17) is 23.1 Å². The molecule has 0 saturated heterocycles. The maximum atomic E-state index is 12.7. The SMILES string of the molecule is NC(N)=Nc1ncc(Cl)c2ccc(C(=O)N[C@@H](C(=O)O)c3ccccc3)cc12. The minimum Gasteiger partial charge on any atom is -0.479 e. The number of pyridine rings is 1.